The van der Waals surface area contributed by atoms with Crippen LogP contribution in [0.2, 0.25) is 0 Å². The summed E-state index contributed by atoms with van der Waals surface area (Å²) < 4.78 is 54.0. The number of urea groups is 1. The van der Waals surface area contributed by atoms with E-state index in [1.54, 1.807) is 10.7 Å². The number of anilines is 3. The topological polar surface area (TPSA) is 130 Å². The van der Waals surface area contributed by atoms with Crippen LogP contribution in [0.1, 0.15) is 2.85 Å². The quantitative estimate of drug-likeness (QED) is 0.304. The van der Waals surface area contributed by atoms with E-state index in [0.717, 1.165) is 17.2 Å². The number of hydrogen-bond donors (Lipinski definition) is 4. The van der Waals surface area contributed by atoms with Gasteiger partial charge in [-0.1, -0.05) is 0 Å². The molecule has 2 heterocycles. The van der Waals surface area contributed by atoms with E-state index in [1.807, 2.05) is 0 Å². The maximum atomic E-state index is 14.8. The van der Waals surface area contributed by atoms with E-state index < -0.39 is 54.9 Å². The molecule has 3 rings (SSSR count). The third-order valence-corrected chi connectivity index (χ3v) is 5.45. The second-order valence-corrected chi connectivity index (χ2v) is 8.12. The van der Waals surface area contributed by atoms with Crippen molar-refractivity contribution in [3.8, 4) is 0 Å². The first-order chi connectivity index (χ1) is 16.7. The second kappa shape index (κ2) is 12.0. The summed E-state index contributed by atoms with van der Waals surface area (Å²) in [5, 5.41) is 27.5. The van der Waals surface area contributed by atoms with Crippen LogP contribution in [0.3, 0.4) is 0 Å². The van der Waals surface area contributed by atoms with Gasteiger partial charge in [-0.15, -0.1) is 11.3 Å². The summed E-state index contributed by atoms with van der Waals surface area (Å²) >= 11 is 1.21. The average molecular weight is 527 g/mol. The van der Waals surface area contributed by atoms with Crippen LogP contribution in [0.5, 0.6) is 0 Å². The highest BCUT2D eigenvalue weighted by molar-refractivity contribution is 7.13. The third kappa shape index (κ3) is 7.14. The SMILES string of the molecule is O=C(NC[C@H](O)CN(O)c1cc(F)c(N2CCON(C(=O)Nc3nccs3)CC2)c(F)c1)C(F)F.[HH].[HH]. The molecule has 35 heavy (non-hydrogen) atoms. The molecule has 0 bridgehead atoms. The fourth-order valence-electron chi connectivity index (χ4n) is 3.14. The molecule has 1 aromatic heterocycles. The number of aromatic nitrogens is 1. The van der Waals surface area contributed by atoms with Crippen molar-refractivity contribution in [2.75, 3.05) is 54.6 Å². The molecule has 1 atom stereocenters. The molecule has 1 aromatic carbocycles. The van der Waals surface area contributed by atoms with Crippen molar-refractivity contribution in [2.24, 2.45) is 0 Å². The highest BCUT2D eigenvalue weighted by atomic mass is 32.1. The molecule has 1 fully saturated rings. The van der Waals surface area contributed by atoms with Gasteiger partial charge in [0.05, 0.1) is 31.5 Å². The molecule has 4 N–H and O–H groups in total. The number of nitrogens with zero attached hydrogens (tertiary/aromatic N) is 4. The van der Waals surface area contributed by atoms with Crippen molar-refractivity contribution in [3.63, 3.8) is 0 Å². The van der Waals surface area contributed by atoms with E-state index in [2.05, 4.69) is 10.3 Å². The first-order valence-electron chi connectivity index (χ1n) is 10.2. The first kappa shape index (κ1) is 26.4. The minimum absolute atomic E-state index is 0. The van der Waals surface area contributed by atoms with Gasteiger partial charge < -0.3 is 15.3 Å². The number of thiazole rings is 1. The molecular weight excluding hydrogens is 500 g/mol. The molecule has 3 amide bonds. The van der Waals surface area contributed by atoms with Gasteiger partial charge in [0, 0.05) is 46.2 Å². The van der Waals surface area contributed by atoms with Crippen molar-refractivity contribution in [1.29, 1.82) is 0 Å². The number of amides is 3. The number of aliphatic hydroxyl groups is 1. The maximum Gasteiger partial charge on any atom is 0.347 e. The lowest BCUT2D eigenvalue weighted by Gasteiger charge is -2.25. The summed E-state index contributed by atoms with van der Waals surface area (Å²) in [5.41, 5.74) is -0.754. The number of hydrogen-bond acceptors (Lipinski definition) is 9. The third-order valence-electron chi connectivity index (χ3n) is 4.76. The van der Waals surface area contributed by atoms with Crippen molar-refractivity contribution >= 4 is 39.8 Å². The molecular formula is C19H26F4N6O5S. The zero-order valence-corrected chi connectivity index (χ0v) is 18.9. The van der Waals surface area contributed by atoms with Gasteiger partial charge in [0.1, 0.15) is 5.69 Å². The van der Waals surface area contributed by atoms with Crippen LogP contribution in [0.25, 0.3) is 0 Å². The fraction of sp³-hybridized carbons (Fsp3) is 0.421. The Labute approximate surface area is 203 Å². The number of nitrogens with one attached hydrogen (secondary N) is 2. The molecule has 0 saturated carbocycles. The smallest absolute Gasteiger partial charge is 0.347 e. The largest absolute Gasteiger partial charge is 0.389 e. The Kier molecular flexibility index (Phi) is 9.02. The van der Waals surface area contributed by atoms with Crippen LogP contribution in [-0.2, 0) is 9.63 Å². The Hall–Kier alpha value is -3.21. The lowest BCUT2D eigenvalue weighted by atomic mass is 10.2. The highest BCUT2D eigenvalue weighted by Crippen LogP contribution is 2.29. The number of carbonyl (C=O) groups is 2. The van der Waals surface area contributed by atoms with Gasteiger partial charge in [-0.3, -0.25) is 25.2 Å². The number of hydroxylamine groups is 3. The lowest BCUT2D eigenvalue weighted by molar-refractivity contribution is -0.132. The van der Waals surface area contributed by atoms with Crippen LogP contribution in [-0.4, -0.2) is 84.2 Å². The molecule has 1 aliphatic rings. The molecule has 16 heteroatoms. The number of benzene rings is 1. The number of carbonyl (C=O) groups excluding carboxylic acids is 2. The highest BCUT2D eigenvalue weighted by Gasteiger charge is 2.26. The molecule has 1 saturated heterocycles. The van der Waals surface area contributed by atoms with Gasteiger partial charge >= 0.3 is 12.5 Å². The van der Waals surface area contributed by atoms with Crippen molar-refractivity contribution < 1.29 is 45.2 Å². The van der Waals surface area contributed by atoms with Crippen LogP contribution >= 0.6 is 11.3 Å². The Balaban J connectivity index is 0.00000342. The van der Waals surface area contributed by atoms with E-state index in [9.17, 15) is 37.5 Å². The zero-order valence-electron chi connectivity index (χ0n) is 18.0. The first-order valence-corrected chi connectivity index (χ1v) is 11.1. The maximum absolute atomic E-state index is 14.8. The summed E-state index contributed by atoms with van der Waals surface area (Å²) in [6.07, 6.45) is -3.26. The number of aliphatic hydroxyl groups excluding tert-OH is 1. The predicted molar refractivity (Wildman–Crippen MR) is 121 cm³/mol. The zero-order chi connectivity index (χ0) is 25.5. The van der Waals surface area contributed by atoms with Gasteiger partial charge in [0.15, 0.2) is 16.8 Å². The van der Waals surface area contributed by atoms with Crippen LogP contribution in [0.4, 0.5) is 38.9 Å². The Morgan fingerprint density at radius 2 is 1.97 bits per heavy atom. The van der Waals surface area contributed by atoms with Gasteiger partial charge in [-0.25, -0.2) is 23.6 Å². The fourth-order valence-corrected chi connectivity index (χ4v) is 3.66. The Morgan fingerprint density at radius 1 is 1.26 bits per heavy atom. The van der Waals surface area contributed by atoms with E-state index in [1.165, 1.54) is 22.4 Å². The summed E-state index contributed by atoms with van der Waals surface area (Å²) in [5.74, 6) is -3.66. The molecule has 11 nitrogen and oxygen atoms in total. The van der Waals surface area contributed by atoms with E-state index in [0.29, 0.717) is 10.2 Å². The molecule has 0 spiro atoms. The van der Waals surface area contributed by atoms with E-state index in [-0.39, 0.29) is 34.8 Å². The summed E-state index contributed by atoms with van der Waals surface area (Å²) in [6.45, 7) is -1.20. The molecule has 0 aliphatic carbocycles. The van der Waals surface area contributed by atoms with Crippen LogP contribution in [0, 0.1) is 11.6 Å². The minimum atomic E-state index is -3.27. The van der Waals surface area contributed by atoms with Crippen molar-refractivity contribution in [3.05, 3.63) is 35.3 Å². The molecule has 2 aromatic rings. The van der Waals surface area contributed by atoms with Gasteiger partial charge in [0.2, 0.25) is 0 Å². The van der Waals surface area contributed by atoms with E-state index in [4.69, 9.17) is 4.84 Å². The van der Waals surface area contributed by atoms with Crippen LogP contribution in [0.15, 0.2) is 23.7 Å². The predicted octanol–water partition coefficient (Wildman–Crippen LogP) is 2.14. The molecule has 1 aliphatic heterocycles. The van der Waals surface area contributed by atoms with Gasteiger partial charge in [-0.2, -0.15) is 8.78 Å². The number of rotatable bonds is 8. The molecule has 0 unspecified atom stereocenters. The lowest BCUT2D eigenvalue weighted by Crippen LogP contribution is -2.41. The Morgan fingerprint density at radius 3 is 2.60 bits per heavy atom. The summed E-state index contributed by atoms with van der Waals surface area (Å²) in [4.78, 5) is 33.8. The number of halogens is 4. The Bertz CT molecular complexity index is 1010. The van der Waals surface area contributed by atoms with Crippen molar-refractivity contribution in [2.45, 2.75) is 12.5 Å². The minimum Gasteiger partial charge on any atom is -0.389 e. The second-order valence-electron chi connectivity index (χ2n) is 7.23. The molecule has 0 radical (unpaired) electrons. The molecule has 196 valence electrons. The monoisotopic (exact) mass is 526 g/mol. The van der Waals surface area contributed by atoms with Crippen molar-refractivity contribution in [1.82, 2.24) is 15.4 Å². The average Bonchev–Trinajstić information content (AvgIpc) is 3.19. The summed E-state index contributed by atoms with van der Waals surface area (Å²) in [7, 11) is 0. The summed E-state index contributed by atoms with van der Waals surface area (Å²) in [6, 6.07) is 1.06. The van der Waals surface area contributed by atoms with E-state index >= 15 is 0 Å². The number of alkyl halides is 2. The van der Waals surface area contributed by atoms with Crippen LogP contribution < -0.4 is 20.6 Å². The van der Waals surface area contributed by atoms with Gasteiger partial charge in [0.25, 0.3) is 5.91 Å². The standard InChI is InChI=1S/C19H22F4N6O5S.2H2/c20-13-7-11(28(33)10-12(30)9-25-17(31)16(22)23)8-14(21)15(13)27-2-3-29(34-5-4-27)19(32)26-18-24-1-6-35-18;;/h1,6-8,12,16,30,33H,2-5,9-10H2,(H,25,31)(H,24,26,32);2*1H/t12-;;/m0../s1. The van der Waals surface area contributed by atoms with Gasteiger partial charge in [-0.05, 0) is 0 Å². The normalized spacial score (nSPS) is 15.1.